The second-order valence-corrected chi connectivity index (χ2v) is 11.6. The third kappa shape index (κ3) is 6.51. The Balaban J connectivity index is 1.50. The van der Waals surface area contributed by atoms with Crippen LogP contribution < -0.4 is 10.1 Å². The smallest absolute Gasteiger partial charge is 0.423 e. The molecule has 2 aromatic rings. The molecule has 0 bridgehead atoms. The molecule has 0 amide bonds. The zero-order valence-corrected chi connectivity index (χ0v) is 21.1. The summed E-state index contributed by atoms with van der Waals surface area (Å²) in [6.45, 7) is 0.181. The van der Waals surface area contributed by atoms with E-state index in [1.54, 1.807) is 0 Å². The highest BCUT2D eigenvalue weighted by molar-refractivity contribution is 7.89. The first-order valence-corrected chi connectivity index (χ1v) is 13.2. The summed E-state index contributed by atoms with van der Waals surface area (Å²) < 4.78 is 128. The number of ether oxygens (including phenoxy) is 1. The molecule has 1 saturated heterocycles. The van der Waals surface area contributed by atoms with Crippen molar-refractivity contribution in [2.45, 2.75) is 73.7 Å². The van der Waals surface area contributed by atoms with E-state index < -0.39 is 100 Å². The lowest BCUT2D eigenvalue weighted by atomic mass is 9.81. The lowest BCUT2D eigenvalue weighted by molar-refractivity contribution is -0.167. The molecule has 2 aromatic heterocycles. The second-order valence-electron chi connectivity index (χ2n) is 9.68. The third-order valence-corrected chi connectivity index (χ3v) is 8.30. The minimum atomic E-state index is -4.99. The molecule has 4 atom stereocenters. The first kappa shape index (κ1) is 29.2. The van der Waals surface area contributed by atoms with Crippen molar-refractivity contribution >= 4 is 16.0 Å². The van der Waals surface area contributed by atoms with Gasteiger partial charge in [0.25, 0.3) is 15.9 Å². The number of nitrogens with one attached hydrogen (secondary N) is 1. The van der Waals surface area contributed by atoms with Crippen LogP contribution in [0.25, 0.3) is 0 Å². The Morgan fingerprint density at radius 1 is 1.18 bits per heavy atom. The number of aromatic nitrogens is 3. The highest BCUT2D eigenvalue weighted by atomic mass is 32.2. The normalized spacial score (nSPS) is 28.2. The molecule has 0 aromatic carbocycles. The van der Waals surface area contributed by atoms with Crippen molar-refractivity contribution in [3.8, 4) is 5.88 Å². The molecule has 2 N–H and O–H groups in total. The van der Waals surface area contributed by atoms with Crippen molar-refractivity contribution in [1.29, 1.82) is 0 Å². The van der Waals surface area contributed by atoms with Crippen LogP contribution in [0.4, 0.5) is 36.7 Å². The van der Waals surface area contributed by atoms with Crippen LogP contribution in [0.5, 0.6) is 5.88 Å². The number of rotatable bonds is 6. The van der Waals surface area contributed by atoms with E-state index >= 15 is 0 Å². The fourth-order valence-corrected chi connectivity index (χ4v) is 5.87. The summed E-state index contributed by atoms with van der Waals surface area (Å²) in [5, 5.41) is 12.5. The number of sulfonamides is 1. The lowest BCUT2D eigenvalue weighted by Crippen LogP contribution is -2.52. The summed E-state index contributed by atoms with van der Waals surface area (Å²) in [6.07, 6.45) is -9.55. The molecule has 0 unspecified atom stereocenters. The summed E-state index contributed by atoms with van der Waals surface area (Å²) in [6, 6.07) is 0.713. The van der Waals surface area contributed by atoms with Gasteiger partial charge in [-0.3, -0.25) is 0 Å². The number of anilines is 1. The first-order valence-electron chi connectivity index (χ1n) is 11.7. The Kier molecular flexibility index (Phi) is 7.72. The molecule has 39 heavy (non-hydrogen) atoms. The summed E-state index contributed by atoms with van der Waals surface area (Å²) in [4.78, 5) is 10.8. The van der Waals surface area contributed by atoms with Crippen LogP contribution in [0.15, 0.2) is 29.6 Å². The van der Waals surface area contributed by atoms with Crippen molar-refractivity contribution < 1.29 is 49.0 Å². The van der Waals surface area contributed by atoms with Gasteiger partial charge in [-0.15, -0.1) is 0 Å². The molecule has 17 heteroatoms. The maximum absolute atomic E-state index is 15.0. The second kappa shape index (κ2) is 10.3. The zero-order valence-electron chi connectivity index (χ0n) is 20.3. The fraction of sp³-hybridized carbons (Fsp3) is 0.591. The van der Waals surface area contributed by atoms with E-state index in [9.17, 15) is 44.3 Å². The number of hydrogen-bond acceptors (Lipinski definition) is 8. The predicted molar refractivity (Wildman–Crippen MR) is 121 cm³/mol. The van der Waals surface area contributed by atoms with Gasteiger partial charge >= 0.3 is 6.18 Å². The van der Waals surface area contributed by atoms with Gasteiger partial charge in [0.15, 0.2) is 5.03 Å². The van der Waals surface area contributed by atoms with Gasteiger partial charge in [-0.05, 0) is 31.9 Å². The Bertz CT molecular complexity index is 1290. The standard InChI is InChI=1S/C22H24F7N5O4S/c1-20(35)11-21(25,26)6-4-16(20)38-18-13(22(27,28)29)9-31-19(33-18)32-15-5-7-34(10-14(15)24)39(36,37)17-3-2-12(23)8-30-17/h2-3,8-9,14-16,35H,4-7,10-11H2,1H3,(H,31,32,33)/t14-,15+,16-,20+/m1/s1. The number of pyridine rings is 1. The van der Waals surface area contributed by atoms with Crippen molar-refractivity contribution in [3.05, 3.63) is 35.9 Å². The highest BCUT2D eigenvalue weighted by Gasteiger charge is 2.50. The molecule has 1 saturated carbocycles. The van der Waals surface area contributed by atoms with E-state index in [0.717, 1.165) is 23.4 Å². The van der Waals surface area contributed by atoms with Gasteiger partial charge in [0.2, 0.25) is 11.8 Å². The van der Waals surface area contributed by atoms with Crippen LogP contribution in [-0.4, -0.2) is 75.7 Å². The van der Waals surface area contributed by atoms with Crippen LogP contribution in [-0.2, 0) is 16.2 Å². The van der Waals surface area contributed by atoms with Gasteiger partial charge in [-0.25, -0.2) is 35.9 Å². The lowest BCUT2D eigenvalue weighted by Gasteiger charge is -2.40. The number of nitrogens with zero attached hydrogens (tertiary/aromatic N) is 4. The van der Waals surface area contributed by atoms with E-state index in [2.05, 4.69) is 20.3 Å². The number of hydrogen-bond donors (Lipinski definition) is 2. The average Bonchev–Trinajstić information content (AvgIpc) is 2.81. The van der Waals surface area contributed by atoms with E-state index in [1.807, 2.05) is 0 Å². The van der Waals surface area contributed by atoms with Gasteiger partial charge < -0.3 is 15.2 Å². The van der Waals surface area contributed by atoms with E-state index in [4.69, 9.17) is 4.74 Å². The predicted octanol–water partition coefficient (Wildman–Crippen LogP) is 3.56. The van der Waals surface area contributed by atoms with Crippen LogP contribution in [0.1, 0.15) is 38.2 Å². The van der Waals surface area contributed by atoms with E-state index in [0.29, 0.717) is 12.4 Å². The molecule has 1 aliphatic heterocycles. The number of alkyl halides is 6. The highest BCUT2D eigenvalue weighted by Crippen LogP contribution is 2.42. The van der Waals surface area contributed by atoms with Crippen LogP contribution in [0, 0.1) is 5.82 Å². The Morgan fingerprint density at radius 3 is 2.49 bits per heavy atom. The Labute approximate surface area is 218 Å². The molecule has 2 fully saturated rings. The van der Waals surface area contributed by atoms with Gasteiger partial charge in [-0.2, -0.15) is 22.5 Å². The number of halogens is 7. The molecule has 216 valence electrons. The molecule has 3 heterocycles. The zero-order chi connectivity index (χ0) is 28.8. The molecular formula is C22H24F7N5O4S. The molecule has 0 radical (unpaired) electrons. The summed E-state index contributed by atoms with van der Waals surface area (Å²) >= 11 is 0. The van der Waals surface area contributed by atoms with E-state index in [1.165, 1.54) is 0 Å². The quantitative estimate of drug-likeness (QED) is 0.493. The van der Waals surface area contributed by atoms with Crippen molar-refractivity contribution in [2.75, 3.05) is 18.4 Å². The van der Waals surface area contributed by atoms with Crippen LogP contribution >= 0.6 is 0 Å². The topological polar surface area (TPSA) is 118 Å². The molecule has 1 aliphatic carbocycles. The van der Waals surface area contributed by atoms with Gasteiger partial charge in [0.05, 0.1) is 12.2 Å². The van der Waals surface area contributed by atoms with Gasteiger partial charge in [-0.1, -0.05) is 0 Å². The summed E-state index contributed by atoms with van der Waals surface area (Å²) in [5.41, 5.74) is -3.59. The Morgan fingerprint density at radius 2 is 1.90 bits per heavy atom. The number of piperidine rings is 1. The molecule has 0 spiro atoms. The average molecular weight is 588 g/mol. The first-order chi connectivity index (χ1) is 18.0. The third-order valence-electron chi connectivity index (χ3n) is 6.52. The van der Waals surface area contributed by atoms with Gasteiger partial charge in [0.1, 0.15) is 29.3 Å². The van der Waals surface area contributed by atoms with E-state index in [-0.39, 0.29) is 13.0 Å². The maximum Gasteiger partial charge on any atom is 0.423 e. The van der Waals surface area contributed by atoms with Crippen molar-refractivity contribution in [3.63, 3.8) is 0 Å². The summed E-state index contributed by atoms with van der Waals surface area (Å²) in [7, 11) is -4.24. The molecular weight excluding hydrogens is 563 g/mol. The summed E-state index contributed by atoms with van der Waals surface area (Å²) in [5.74, 6) is -5.50. The molecule has 2 aliphatic rings. The minimum absolute atomic E-state index is 0.144. The largest absolute Gasteiger partial charge is 0.471 e. The van der Waals surface area contributed by atoms with Crippen molar-refractivity contribution in [1.82, 2.24) is 19.3 Å². The minimum Gasteiger partial charge on any atom is -0.471 e. The Hall–Kier alpha value is -2.79. The maximum atomic E-state index is 15.0. The fourth-order valence-electron chi connectivity index (χ4n) is 4.49. The van der Waals surface area contributed by atoms with Gasteiger partial charge in [0, 0.05) is 32.1 Å². The molecule has 9 nitrogen and oxygen atoms in total. The SMILES string of the molecule is C[C@]1(O)CC(F)(F)CC[C@H]1Oc1nc(N[C@H]2CCN(S(=O)(=O)c3ccc(F)cn3)C[C@H]2F)ncc1C(F)(F)F. The van der Waals surface area contributed by atoms with Crippen molar-refractivity contribution in [2.24, 2.45) is 0 Å². The molecule has 4 rings (SSSR count). The number of aliphatic hydroxyl groups is 1. The van der Waals surface area contributed by atoms with Crippen LogP contribution in [0.3, 0.4) is 0 Å². The monoisotopic (exact) mass is 587 g/mol. The van der Waals surface area contributed by atoms with Crippen LogP contribution in [0.2, 0.25) is 0 Å².